The van der Waals surface area contributed by atoms with Gasteiger partial charge in [0.25, 0.3) is 0 Å². The molecule has 0 saturated carbocycles. The molecule has 0 aromatic carbocycles. The Balaban J connectivity index is 4.23. The van der Waals surface area contributed by atoms with Gasteiger partial charge in [-0.2, -0.15) is 0 Å². The average Bonchev–Trinajstić information content (AvgIpc) is 2.45. The minimum absolute atomic E-state index is 0.703. The SMILES string of the molecule is CCCCC(CC)CC(CC(CC)CCCC)=NO. The molecule has 0 aliphatic heterocycles. The third-order valence-corrected chi connectivity index (χ3v) is 4.28. The first-order valence-corrected chi connectivity index (χ1v) is 8.41. The van der Waals surface area contributed by atoms with Gasteiger partial charge in [0.15, 0.2) is 0 Å². The van der Waals surface area contributed by atoms with E-state index in [0.29, 0.717) is 11.8 Å². The van der Waals surface area contributed by atoms with Gasteiger partial charge in [-0.1, -0.05) is 84.2 Å². The maximum Gasteiger partial charge on any atom is 0.0576 e. The Morgan fingerprint density at radius 3 is 1.53 bits per heavy atom. The maximum atomic E-state index is 9.25. The average molecular weight is 269 g/mol. The van der Waals surface area contributed by atoms with Crippen LogP contribution in [-0.2, 0) is 0 Å². The summed E-state index contributed by atoms with van der Waals surface area (Å²) in [6.07, 6.45) is 12.1. The number of oxime groups is 1. The van der Waals surface area contributed by atoms with Gasteiger partial charge in [0.1, 0.15) is 0 Å². The third-order valence-electron chi connectivity index (χ3n) is 4.28. The number of rotatable bonds is 12. The number of nitrogens with zero attached hydrogens (tertiary/aromatic N) is 1. The van der Waals surface area contributed by atoms with Crippen LogP contribution < -0.4 is 0 Å². The van der Waals surface area contributed by atoms with Crippen molar-refractivity contribution in [1.29, 1.82) is 0 Å². The van der Waals surface area contributed by atoms with E-state index in [2.05, 4.69) is 32.9 Å². The molecule has 2 heteroatoms. The Bertz CT molecular complexity index is 205. The Morgan fingerprint density at radius 2 is 1.26 bits per heavy atom. The van der Waals surface area contributed by atoms with E-state index in [1.165, 1.54) is 51.4 Å². The molecule has 0 aromatic heterocycles. The molecule has 0 heterocycles. The van der Waals surface area contributed by atoms with Crippen LogP contribution in [0.3, 0.4) is 0 Å². The zero-order valence-electron chi connectivity index (χ0n) is 13.6. The van der Waals surface area contributed by atoms with Gasteiger partial charge in [-0.25, -0.2) is 0 Å². The van der Waals surface area contributed by atoms with E-state index in [0.717, 1.165) is 18.6 Å². The molecule has 0 amide bonds. The molecule has 0 rings (SSSR count). The van der Waals surface area contributed by atoms with Gasteiger partial charge in [0.2, 0.25) is 0 Å². The second-order valence-corrected chi connectivity index (χ2v) is 5.91. The first-order valence-electron chi connectivity index (χ1n) is 8.41. The van der Waals surface area contributed by atoms with Crippen LogP contribution in [0, 0.1) is 11.8 Å². The van der Waals surface area contributed by atoms with Crippen LogP contribution >= 0.6 is 0 Å². The largest absolute Gasteiger partial charge is 0.411 e. The van der Waals surface area contributed by atoms with Crippen molar-refractivity contribution in [1.82, 2.24) is 0 Å². The van der Waals surface area contributed by atoms with E-state index in [4.69, 9.17) is 0 Å². The quantitative estimate of drug-likeness (QED) is 0.262. The summed E-state index contributed by atoms with van der Waals surface area (Å²) < 4.78 is 0. The highest BCUT2D eigenvalue weighted by Gasteiger charge is 2.15. The summed E-state index contributed by atoms with van der Waals surface area (Å²) in [6, 6.07) is 0. The molecule has 0 bridgehead atoms. The fraction of sp³-hybridized carbons (Fsp3) is 0.941. The Hall–Kier alpha value is -0.530. The molecule has 1 N–H and O–H groups in total. The highest BCUT2D eigenvalue weighted by molar-refractivity contribution is 5.84. The van der Waals surface area contributed by atoms with Gasteiger partial charge in [-0.05, 0) is 24.7 Å². The predicted octanol–water partition coefficient (Wildman–Crippen LogP) is 6.03. The van der Waals surface area contributed by atoms with E-state index in [-0.39, 0.29) is 0 Å². The Kier molecular flexibility index (Phi) is 12.2. The van der Waals surface area contributed by atoms with Crippen LogP contribution in [0.5, 0.6) is 0 Å². The van der Waals surface area contributed by atoms with Crippen molar-refractivity contribution in [2.75, 3.05) is 0 Å². The van der Waals surface area contributed by atoms with Crippen molar-refractivity contribution in [3.63, 3.8) is 0 Å². The van der Waals surface area contributed by atoms with E-state index < -0.39 is 0 Å². The molecule has 0 aliphatic carbocycles. The lowest BCUT2D eigenvalue weighted by Gasteiger charge is -2.19. The molecule has 0 saturated heterocycles. The van der Waals surface area contributed by atoms with E-state index in [9.17, 15) is 5.21 Å². The van der Waals surface area contributed by atoms with Gasteiger partial charge < -0.3 is 5.21 Å². The molecule has 19 heavy (non-hydrogen) atoms. The predicted molar refractivity (Wildman–Crippen MR) is 85.1 cm³/mol. The first kappa shape index (κ1) is 18.5. The number of hydrogen-bond acceptors (Lipinski definition) is 2. The van der Waals surface area contributed by atoms with E-state index in [1.54, 1.807) is 0 Å². The molecule has 2 unspecified atom stereocenters. The summed E-state index contributed by atoms with van der Waals surface area (Å²) in [5.74, 6) is 1.41. The van der Waals surface area contributed by atoms with Gasteiger partial charge in [-0.3, -0.25) is 0 Å². The molecule has 0 spiro atoms. The highest BCUT2D eigenvalue weighted by atomic mass is 16.4. The molecular weight excluding hydrogens is 234 g/mol. The lowest BCUT2D eigenvalue weighted by Crippen LogP contribution is -2.13. The van der Waals surface area contributed by atoms with Crippen molar-refractivity contribution in [3.05, 3.63) is 0 Å². The monoisotopic (exact) mass is 269 g/mol. The van der Waals surface area contributed by atoms with Crippen LogP contribution in [0.15, 0.2) is 5.16 Å². The summed E-state index contributed by atoms with van der Waals surface area (Å²) >= 11 is 0. The normalized spacial score (nSPS) is 14.1. The summed E-state index contributed by atoms with van der Waals surface area (Å²) in [5, 5.41) is 12.9. The molecule has 0 aliphatic rings. The topological polar surface area (TPSA) is 32.6 Å². The standard InChI is InChI=1S/C17H35NO/c1-5-9-11-15(7-3)13-17(18-19)14-16(8-4)12-10-6-2/h15-16,19H,5-14H2,1-4H3. The van der Waals surface area contributed by atoms with Crippen LogP contribution in [0.4, 0.5) is 0 Å². The zero-order chi connectivity index (χ0) is 14.5. The minimum Gasteiger partial charge on any atom is -0.411 e. The number of hydrogen-bond donors (Lipinski definition) is 1. The van der Waals surface area contributed by atoms with Gasteiger partial charge in [-0.15, -0.1) is 0 Å². The Labute approximate surface area is 120 Å². The number of unbranched alkanes of at least 4 members (excludes halogenated alkanes) is 2. The molecule has 2 atom stereocenters. The lowest BCUT2D eigenvalue weighted by atomic mass is 9.87. The fourth-order valence-electron chi connectivity index (χ4n) is 2.72. The van der Waals surface area contributed by atoms with Crippen LogP contribution in [0.25, 0.3) is 0 Å². The summed E-state index contributed by atoms with van der Waals surface area (Å²) in [4.78, 5) is 0. The molecule has 2 nitrogen and oxygen atoms in total. The smallest absolute Gasteiger partial charge is 0.0576 e. The van der Waals surface area contributed by atoms with Crippen LogP contribution in [-0.4, -0.2) is 10.9 Å². The minimum atomic E-state index is 0.703. The van der Waals surface area contributed by atoms with Gasteiger partial charge in [0.05, 0.1) is 5.71 Å². The third kappa shape index (κ3) is 9.07. The van der Waals surface area contributed by atoms with Crippen molar-refractivity contribution in [2.24, 2.45) is 17.0 Å². The van der Waals surface area contributed by atoms with Crippen molar-refractivity contribution in [3.8, 4) is 0 Å². The van der Waals surface area contributed by atoms with Crippen molar-refractivity contribution in [2.45, 2.75) is 91.9 Å². The molecule has 0 aromatic rings. The summed E-state index contributed by atoms with van der Waals surface area (Å²) in [7, 11) is 0. The summed E-state index contributed by atoms with van der Waals surface area (Å²) in [5.41, 5.74) is 1.03. The first-order chi connectivity index (χ1) is 9.21. The van der Waals surface area contributed by atoms with Crippen LogP contribution in [0.2, 0.25) is 0 Å². The second-order valence-electron chi connectivity index (χ2n) is 5.91. The molecule has 0 radical (unpaired) electrons. The van der Waals surface area contributed by atoms with Gasteiger partial charge in [0, 0.05) is 0 Å². The molecular formula is C17H35NO. The second kappa shape index (κ2) is 12.5. The molecule has 114 valence electrons. The van der Waals surface area contributed by atoms with E-state index >= 15 is 0 Å². The van der Waals surface area contributed by atoms with Crippen molar-refractivity contribution >= 4 is 5.71 Å². The maximum absolute atomic E-state index is 9.25. The van der Waals surface area contributed by atoms with Crippen LogP contribution in [0.1, 0.15) is 91.9 Å². The summed E-state index contributed by atoms with van der Waals surface area (Å²) in [6.45, 7) is 8.99. The van der Waals surface area contributed by atoms with Crippen molar-refractivity contribution < 1.29 is 5.21 Å². The molecule has 0 fully saturated rings. The zero-order valence-corrected chi connectivity index (χ0v) is 13.6. The highest BCUT2D eigenvalue weighted by Crippen LogP contribution is 2.23. The lowest BCUT2D eigenvalue weighted by molar-refractivity contribution is 0.310. The fourth-order valence-corrected chi connectivity index (χ4v) is 2.72. The van der Waals surface area contributed by atoms with E-state index in [1.807, 2.05) is 0 Å². The Morgan fingerprint density at radius 1 is 0.842 bits per heavy atom. The van der Waals surface area contributed by atoms with Gasteiger partial charge >= 0.3 is 0 Å².